The summed E-state index contributed by atoms with van der Waals surface area (Å²) in [6.45, 7) is 1.44. The normalized spacial score (nSPS) is 23.6. The van der Waals surface area contributed by atoms with E-state index in [1.807, 2.05) is 0 Å². The predicted molar refractivity (Wildman–Crippen MR) is 65.5 cm³/mol. The maximum Gasteiger partial charge on any atom is 0.127 e. The van der Waals surface area contributed by atoms with Gasteiger partial charge in [-0.15, -0.1) is 0 Å². The summed E-state index contributed by atoms with van der Waals surface area (Å²) in [5, 5.41) is 9.44. The van der Waals surface area contributed by atoms with Gasteiger partial charge in [0.1, 0.15) is 11.2 Å². The van der Waals surface area contributed by atoms with Crippen LogP contribution in [0.3, 0.4) is 0 Å². The molecular weight excluding hydrogens is 301 g/mol. The summed E-state index contributed by atoms with van der Waals surface area (Å²) in [6, 6.07) is 7.14. The van der Waals surface area contributed by atoms with E-state index in [2.05, 4.69) is 22.0 Å². The molecule has 0 radical (unpaired) electrons. The van der Waals surface area contributed by atoms with Gasteiger partial charge in [-0.3, -0.25) is 0 Å². The fraction of sp³-hybridized carbons (Fsp3) is 0.462. The van der Waals surface area contributed by atoms with Gasteiger partial charge in [0, 0.05) is 10.0 Å². The third-order valence-electron chi connectivity index (χ3n) is 3.97. The van der Waals surface area contributed by atoms with Crippen molar-refractivity contribution in [3.8, 4) is 6.07 Å². The first-order valence-electron chi connectivity index (χ1n) is 5.66. The molecule has 0 bridgehead atoms. The number of hydrogen-bond acceptors (Lipinski definition) is 3. The van der Waals surface area contributed by atoms with Gasteiger partial charge >= 0.3 is 0 Å². The highest BCUT2D eigenvalue weighted by Gasteiger charge is 2.62. The van der Waals surface area contributed by atoms with E-state index in [1.54, 1.807) is 12.1 Å². The molecule has 2 aliphatic heterocycles. The number of benzene rings is 1. The Morgan fingerprint density at radius 3 is 2.33 bits per heavy atom. The Hall–Kier alpha value is -0.960. The minimum Gasteiger partial charge on any atom is -0.379 e. The van der Waals surface area contributed by atoms with Gasteiger partial charge in [-0.05, 0) is 18.2 Å². The Kier molecular flexibility index (Phi) is 2.70. The lowest BCUT2D eigenvalue weighted by molar-refractivity contribution is -0.202. The van der Waals surface area contributed by atoms with Crippen molar-refractivity contribution in [1.29, 1.82) is 5.26 Å². The van der Waals surface area contributed by atoms with Crippen LogP contribution in [-0.4, -0.2) is 26.4 Å². The standard InChI is InChI=1S/C13H11BrFNO2/c14-9-1-2-11(15)10(3-9)13(7-18-8-13)12(4-16)5-17-6-12/h1-3H,5-8H2. The topological polar surface area (TPSA) is 42.2 Å². The van der Waals surface area contributed by atoms with Crippen molar-refractivity contribution in [3.63, 3.8) is 0 Å². The average molecular weight is 312 g/mol. The number of nitriles is 1. The molecule has 0 amide bonds. The van der Waals surface area contributed by atoms with Gasteiger partial charge in [0.2, 0.25) is 0 Å². The van der Waals surface area contributed by atoms with Crippen molar-refractivity contribution in [3.05, 3.63) is 34.1 Å². The first-order chi connectivity index (χ1) is 8.63. The van der Waals surface area contributed by atoms with E-state index in [4.69, 9.17) is 9.47 Å². The first kappa shape index (κ1) is 12.1. The molecule has 0 atom stereocenters. The van der Waals surface area contributed by atoms with E-state index in [1.165, 1.54) is 6.07 Å². The molecule has 0 saturated carbocycles. The molecule has 2 fully saturated rings. The monoisotopic (exact) mass is 311 g/mol. The molecule has 0 aliphatic carbocycles. The molecule has 1 aromatic carbocycles. The molecule has 2 saturated heterocycles. The van der Waals surface area contributed by atoms with Gasteiger partial charge in [0.25, 0.3) is 0 Å². The van der Waals surface area contributed by atoms with Gasteiger partial charge < -0.3 is 9.47 Å². The van der Waals surface area contributed by atoms with Gasteiger partial charge in [-0.1, -0.05) is 15.9 Å². The summed E-state index contributed by atoms with van der Waals surface area (Å²) < 4.78 is 25.4. The Morgan fingerprint density at radius 2 is 1.89 bits per heavy atom. The average Bonchev–Trinajstić information content (AvgIpc) is 2.25. The van der Waals surface area contributed by atoms with E-state index in [9.17, 15) is 9.65 Å². The van der Waals surface area contributed by atoms with Crippen LogP contribution in [0.4, 0.5) is 4.39 Å². The molecule has 0 N–H and O–H groups in total. The van der Waals surface area contributed by atoms with Crippen molar-refractivity contribution in [1.82, 2.24) is 0 Å². The number of rotatable bonds is 2. The third-order valence-corrected chi connectivity index (χ3v) is 4.46. The summed E-state index contributed by atoms with van der Waals surface area (Å²) in [5.74, 6) is -0.289. The molecular formula is C13H11BrFNO2. The predicted octanol–water partition coefficient (Wildman–Crippen LogP) is 2.40. The van der Waals surface area contributed by atoms with E-state index in [0.29, 0.717) is 32.0 Å². The zero-order valence-electron chi connectivity index (χ0n) is 9.58. The van der Waals surface area contributed by atoms with E-state index in [-0.39, 0.29) is 5.82 Å². The lowest BCUT2D eigenvalue weighted by Gasteiger charge is -2.55. The minimum absolute atomic E-state index is 0.289. The second-order valence-electron chi connectivity index (χ2n) is 4.89. The van der Waals surface area contributed by atoms with Crippen molar-refractivity contribution < 1.29 is 13.9 Å². The van der Waals surface area contributed by atoms with Gasteiger partial charge in [-0.2, -0.15) is 5.26 Å². The summed E-state index contributed by atoms with van der Waals surface area (Å²) in [6.07, 6.45) is 0. The van der Waals surface area contributed by atoms with Crippen LogP contribution in [0.1, 0.15) is 5.56 Å². The van der Waals surface area contributed by atoms with Gasteiger partial charge in [0.05, 0.1) is 37.9 Å². The van der Waals surface area contributed by atoms with Crippen molar-refractivity contribution in [2.24, 2.45) is 5.41 Å². The molecule has 0 aromatic heterocycles. The Balaban J connectivity index is 2.12. The lowest BCUT2D eigenvalue weighted by Crippen LogP contribution is -2.66. The van der Waals surface area contributed by atoms with Gasteiger partial charge in [0.15, 0.2) is 0 Å². The fourth-order valence-corrected chi connectivity index (χ4v) is 2.98. The Morgan fingerprint density at radius 1 is 1.22 bits per heavy atom. The number of halogens is 2. The van der Waals surface area contributed by atoms with E-state index < -0.39 is 10.8 Å². The molecule has 18 heavy (non-hydrogen) atoms. The molecule has 3 nitrogen and oxygen atoms in total. The highest BCUT2D eigenvalue weighted by Crippen LogP contribution is 2.52. The van der Waals surface area contributed by atoms with Crippen LogP contribution in [-0.2, 0) is 14.9 Å². The molecule has 0 unspecified atom stereocenters. The molecule has 2 heterocycles. The van der Waals surface area contributed by atoms with Crippen LogP contribution in [0, 0.1) is 22.6 Å². The molecule has 5 heteroatoms. The van der Waals surface area contributed by atoms with Crippen LogP contribution >= 0.6 is 15.9 Å². The quantitative estimate of drug-likeness (QED) is 0.842. The second-order valence-corrected chi connectivity index (χ2v) is 5.80. The molecule has 1 aromatic rings. The van der Waals surface area contributed by atoms with Crippen LogP contribution in [0.15, 0.2) is 22.7 Å². The minimum atomic E-state index is -0.660. The summed E-state index contributed by atoms with van der Waals surface area (Å²) in [5.41, 5.74) is -0.686. The summed E-state index contributed by atoms with van der Waals surface area (Å²) in [4.78, 5) is 0. The third kappa shape index (κ3) is 1.40. The summed E-state index contributed by atoms with van der Waals surface area (Å²) in [7, 11) is 0. The van der Waals surface area contributed by atoms with E-state index >= 15 is 0 Å². The van der Waals surface area contributed by atoms with Crippen LogP contribution < -0.4 is 0 Å². The molecule has 3 rings (SSSR count). The Labute approximate surface area is 113 Å². The van der Waals surface area contributed by atoms with Crippen LogP contribution in [0.25, 0.3) is 0 Å². The highest BCUT2D eigenvalue weighted by atomic mass is 79.9. The zero-order chi connectivity index (χ0) is 12.8. The largest absolute Gasteiger partial charge is 0.379 e. The molecule has 2 aliphatic rings. The SMILES string of the molecule is N#CC1(C2(c3cc(Br)ccc3F)COC2)COC1. The fourth-order valence-electron chi connectivity index (χ4n) is 2.61. The number of nitrogens with zero attached hydrogens (tertiary/aromatic N) is 1. The zero-order valence-corrected chi connectivity index (χ0v) is 11.2. The molecule has 94 valence electrons. The maximum atomic E-state index is 14.1. The summed E-state index contributed by atoms with van der Waals surface area (Å²) >= 11 is 3.35. The molecule has 0 spiro atoms. The number of ether oxygens (including phenoxy) is 2. The lowest BCUT2D eigenvalue weighted by atomic mass is 9.58. The number of hydrogen-bond donors (Lipinski definition) is 0. The van der Waals surface area contributed by atoms with Crippen molar-refractivity contribution >= 4 is 15.9 Å². The highest BCUT2D eigenvalue weighted by molar-refractivity contribution is 9.10. The Bertz CT molecular complexity index is 532. The van der Waals surface area contributed by atoms with Gasteiger partial charge in [-0.25, -0.2) is 4.39 Å². The van der Waals surface area contributed by atoms with Crippen molar-refractivity contribution in [2.75, 3.05) is 26.4 Å². The second kappa shape index (κ2) is 4.02. The van der Waals surface area contributed by atoms with Crippen LogP contribution in [0.5, 0.6) is 0 Å². The van der Waals surface area contributed by atoms with E-state index in [0.717, 1.165) is 4.47 Å². The first-order valence-corrected chi connectivity index (χ1v) is 6.45. The smallest absolute Gasteiger partial charge is 0.127 e. The maximum absolute atomic E-state index is 14.1. The van der Waals surface area contributed by atoms with Crippen LogP contribution in [0.2, 0.25) is 0 Å². The van der Waals surface area contributed by atoms with Crippen molar-refractivity contribution in [2.45, 2.75) is 5.41 Å².